The molecule has 2 aliphatic rings. The summed E-state index contributed by atoms with van der Waals surface area (Å²) in [5, 5.41) is 15.4. The van der Waals surface area contributed by atoms with E-state index in [0.29, 0.717) is 12.8 Å². The van der Waals surface area contributed by atoms with Crippen LogP contribution in [0.15, 0.2) is 17.3 Å². The number of rotatable bonds is 1. The van der Waals surface area contributed by atoms with Crippen molar-refractivity contribution in [3.05, 3.63) is 12.2 Å². The Morgan fingerprint density at radius 3 is 2.30 bits per heavy atom. The Hall–Kier alpha value is -1.52. The highest BCUT2D eigenvalue weighted by atomic mass is 16.6. The summed E-state index contributed by atoms with van der Waals surface area (Å²) in [6.45, 7) is 9.64. The molecular weight excluding hydrogens is 256 g/mol. The predicted octanol–water partition coefficient (Wildman–Crippen LogP) is 3.09. The van der Waals surface area contributed by atoms with Crippen molar-refractivity contribution in [2.45, 2.75) is 58.1 Å². The van der Waals surface area contributed by atoms with E-state index < -0.39 is 5.60 Å². The molecule has 2 aliphatic carbocycles. The molecule has 1 amide bonds. The summed E-state index contributed by atoms with van der Waals surface area (Å²) < 4.78 is 5.33. The summed E-state index contributed by atoms with van der Waals surface area (Å²) in [5.41, 5.74) is 1.56. The largest absolute Gasteiger partial charge is 0.444 e. The van der Waals surface area contributed by atoms with Gasteiger partial charge in [-0.2, -0.15) is 0 Å². The molecule has 1 unspecified atom stereocenters. The first-order valence-corrected chi connectivity index (χ1v) is 7.14. The highest BCUT2D eigenvalue weighted by molar-refractivity contribution is 5.86. The second-order valence-corrected chi connectivity index (χ2v) is 6.92. The fourth-order valence-corrected chi connectivity index (χ4v) is 3.31. The van der Waals surface area contributed by atoms with Gasteiger partial charge in [0, 0.05) is 6.04 Å². The summed E-state index contributed by atoms with van der Waals surface area (Å²) >= 11 is 0. The molecule has 3 atom stereocenters. The summed E-state index contributed by atoms with van der Waals surface area (Å²) in [5.74, 6) is 0.516. The molecule has 2 saturated carbocycles. The third-order valence-corrected chi connectivity index (χ3v) is 3.94. The van der Waals surface area contributed by atoms with E-state index in [4.69, 9.17) is 9.94 Å². The van der Waals surface area contributed by atoms with Crippen LogP contribution in [0.1, 0.15) is 46.5 Å². The van der Waals surface area contributed by atoms with Crippen LogP contribution in [0.5, 0.6) is 0 Å². The average Bonchev–Trinajstić information content (AvgIpc) is 2.27. The molecule has 2 N–H and O–H groups in total. The highest BCUT2D eigenvalue weighted by Crippen LogP contribution is 2.41. The minimum absolute atomic E-state index is 0.0841. The Kier molecular flexibility index (Phi) is 4.06. The lowest BCUT2D eigenvalue weighted by molar-refractivity contribution is 0.0439. The molecule has 0 radical (unpaired) electrons. The molecule has 20 heavy (non-hydrogen) atoms. The maximum absolute atomic E-state index is 12.0. The van der Waals surface area contributed by atoms with Crippen molar-refractivity contribution in [2.75, 3.05) is 0 Å². The maximum atomic E-state index is 12.0. The monoisotopic (exact) mass is 280 g/mol. The molecule has 0 aromatic heterocycles. The Labute approximate surface area is 120 Å². The van der Waals surface area contributed by atoms with Gasteiger partial charge in [0.1, 0.15) is 5.60 Å². The smallest absolute Gasteiger partial charge is 0.407 e. The van der Waals surface area contributed by atoms with Crippen molar-refractivity contribution in [1.82, 2.24) is 5.32 Å². The Morgan fingerprint density at radius 1 is 1.30 bits per heavy atom. The number of hydrogen-bond donors (Lipinski definition) is 2. The molecule has 0 aromatic carbocycles. The molecule has 2 bridgehead atoms. The minimum atomic E-state index is -0.491. The number of allylic oxidation sites excluding steroid dienone is 1. The van der Waals surface area contributed by atoms with E-state index in [-0.39, 0.29) is 24.0 Å². The number of nitrogens with one attached hydrogen (secondary N) is 1. The summed E-state index contributed by atoms with van der Waals surface area (Å²) in [6.07, 6.45) is 2.81. The van der Waals surface area contributed by atoms with Crippen molar-refractivity contribution in [3.8, 4) is 0 Å². The van der Waals surface area contributed by atoms with Gasteiger partial charge in [-0.05, 0) is 58.3 Å². The van der Waals surface area contributed by atoms with Crippen LogP contribution in [0, 0.1) is 11.8 Å². The molecule has 0 aromatic rings. The number of alkyl carbamates (subject to hydrolysis) is 1. The number of hydrogen-bond acceptors (Lipinski definition) is 4. The van der Waals surface area contributed by atoms with Crippen LogP contribution >= 0.6 is 0 Å². The summed E-state index contributed by atoms with van der Waals surface area (Å²) in [6, 6.07) is 0.0841. The van der Waals surface area contributed by atoms with Crippen LogP contribution in [-0.4, -0.2) is 28.7 Å². The Balaban J connectivity index is 2.04. The quantitative estimate of drug-likeness (QED) is 0.440. The lowest BCUT2D eigenvalue weighted by Crippen LogP contribution is -2.52. The number of amides is 1. The zero-order chi connectivity index (χ0) is 14.9. The van der Waals surface area contributed by atoms with E-state index in [1.807, 2.05) is 20.8 Å². The number of oxime groups is 1. The lowest BCUT2D eigenvalue weighted by Gasteiger charge is -2.43. The molecule has 0 saturated heterocycles. The Morgan fingerprint density at radius 2 is 1.85 bits per heavy atom. The van der Waals surface area contributed by atoms with Crippen molar-refractivity contribution in [2.24, 2.45) is 17.0 Å². The first kappa shape index (κ1) is 14.9. The molecule has 5 heteroatoms. The predicted molar refractivity (Wildman–Crippen MR) is 77.0 cm³/mol. The van der Waals surface area contributed by atoms with Crippen LogP contribution in [0.25, 0.3) is 0 Å². The number of carbonyl (C=O) groups excluding carboxylic acids is 1. The number of nitrogens with zero attached hydrogens (tertiary/aromatic N) is 1. The van der Waals surface area contributed by atoms with E-state index in [2.05, 4.69) is 17.1 Å². The van der Waals surface area contributed by atoms with Crippen LogP contribution < -0.4 is 5.32 Å². The van der Waals surface area contributed by atoms with Gasteiger partial charge in [-0.25, -0.2) is 4.79 Å². The van der Waals surface area contributed by atoms with Gasteiger partial charge in [0.2, 0.25) is 0 Å². The zero-order valence-electron chi connectivity index (χ0n) is 12.5. The fraction of sp³-hybridized carbons (Fsp3) is 0.733. The SMILES string of the molecule is C=C1C[C@@H]2C/C(=N\O)C[C@H](C1)C2NC(=O)OC(C)(C)C. The van der Waals surface area contributed by atoms with Crippen molar-refractivity contribution in [3.63, 3.8) is 0 Å². The van der Waals surface area contributed by atoms with Crippen molar-refractivity contribution >= 4 is 11.8 Å². The standard InChI is InChI=1S/C15H24N2O3/c1-9-5-10-7-12(17-19)8-11(6-9)13(10)16-14(18)20-15(2,3)4/h10-11,13,19H,1,5-8H2,2-4H3,(H,16,18)/b17-12-/t10-,11+,13?/m0/s1. The van der Waals surface area contributed by atoms with E-state index in [1.165, 1.54) is 5.57 Å². The van der Waals surface area contributed by atoms with Crippen LogP contribution in [-0.2, 0) is 4.74 Å². The Bertz CT molecular complexity index is 417. The second-order valence-electron chi connectivity index (χ2n) is 6.92. The molecule has 2 rings (SSSR count). The van der Waals surface area contributed by atoms with Gasteiger partial charge in [0.15, 0.2) is 0 Å². The van der Waals surface area contributed by atoms with Crippen LogP contribution in [0.3, 0.4) is 0 Å². The van der Waals surface area contributed by atoms with E-state index >= 15 is 0 Å². The van der Waals surface area contributed by atoms with Gasteiger partial charge >= 0.3 is 6.09 Å². The molecule has 2 fully saturated rings. The lowest BCUT2D eigenvalue weighted by atomic mass is 9.66. The summed E-state index contributed by atoms with van der Waals surface area (Å²) in [4.78, 5) is 12.0. The molecule has 112 valence electrons. The third kappa shape index (κ3) is 3.52. The van der Waals surface area contributed by atoms with Crippen molar-refractivity contribution < 1.29 is 14.7 Å². The number of ether oxygens (including phenoxy) is 1. The molecule has 5 nitrogen and oxygen atoms in total. The van der Waals surface area contributed by atoms with Gasteiger partial charge in [0.25, 0.3) is 0 Å². The number of carbonyl (C=O) groups is 1. The van der Waals surface area contributed by atoms with Gasteiger partial charge < -0.3 is 15.3 Å². The third-order valence-electron chi connectivity index (χ3n) is 3.94. The topological polar surface area (TPSA) is 70.9 Å². The first-order chi connectivity index (χ1) is 9.28. The van der Waals surface area contributed by atoms with Gasteiger partial charge in [0.05, 0.1) is 5.71 Å². The number of fused-ring (bicyclic) bond motifs is 2. The summed E-state index contributed by atoms with van der Waals surface area (Å²) in [7, 11) is 0. The van der Waals surface area contributed by atoms with E-state index in [1.54, 1.807) is 0 Å². The molecular formula is C15H24N2O3. The van der Waals surface area contributed by atoms with Gasteiger partial charge in [-0.3, -0.25) is 0 Å². The fourth-order valence-electron chi connectivity index (χ4n) is 3.31. The molecule has 0 spiro atoms. The first-order valence-electron chi connectivity index (χ1n) is 7.14. The molecule has 0 aliphatic heterocycles. The maximum Gasteiger partial charge on any atom is 0.407 e. The minimum Gasteiger partial charge on any atom is -0.444 e. The van der Waals surface area contributed by atoms with Crippen molar-refractivity contribution in [1.29, 1.82) is 0 Å². The second kappa shape index (κ2) is 5.46. The van der Waals surface area contributed by atoms with E-state index in [9.17, 15) is 4.79 Å². The average molecular weight is 280 g/mol. The normalized spacial score (nSPS) is 32.0. The van der Waals surface area contributed by atoms with Crippen LogP contribution in [0.4, 0.5) is 4.79 Å². The molecule has 0 heterocycles. The van der Waals surface area contributed by atoms with Gasteiger partial charge in [-0.15, -0.1) is 0 Å². The van der Waals surface area contributed by atoms with Crippen LogP contribution in [0.2, 0.25) is 0 Å². The van der Waals surface area contributed by atoms with Gasteiger partial charge in [-0.1, -0.05) is 17.3 Å². The highest BCUT2D eigenvalue weighted by Gasteiger charge is 2.41. The zero-order valence-corrected chi connectivity index (χ0v) is 12.5. The van der Waals surface area contributed by atoms with E-state index in [0.717, 1.165) is 18.6 Å².